The summed E-state index contributed by atoms with van der Waals surface area (Å²) < 4.78 is 1.84. The van der Waals surface area contributed by atoms with Crippen molar-refractivity contribution < 1.29 is 0 Å². The van der Waals surface area contributed by atoms with Crippen molar-refractivity contribution >= 4 is 45.5 Å². The number of aromatic nitrogens is 2. The van der Waals surface area contributed by atoms with Crippen LogP contribution in [-0.2, 0) is 19.4 Å². The van der Waals surface area contributed by atoms with Crippen LogP contribution in [0.5, 0.6) is 0 Å². The largest absolute Gasteiger partial charge is 0.362 e. The summed E-state index contributed by atoms with van der Waals surface area (Å²) in [6, 6.07) is 13.4. The van der Waals surface area contributed by atoms with E-state index in [0.717, 1.165) is 60.7 Å². The van der Waals surface area contributed by atoms with E-state index in [-0.39, 0.29) is 5.56 Å². The van der Waals surface area contributed by atoms with Gasteiger partial charge in [-0.25, -0.2) is 4.98 Å². The van der Waals surface area contributed by atoms with E-state index in [9.17, 15) is 4.79 Å². The van der Waals surface area contributed by atoms with E-state index in [4.69, 9.17) is 28.8 Å². The van der Waals surface area contributed by atoms with Crippen molar-refractivity contribution in [1.82, 2.24) is 14.9 Å². The summed E-state index contributed by atoms with van der Waals surface area (Å²) in [5, 5.41) is 8.27. The number of hydrogen-bond donors (Lipinski definition) is 2. The number of thiocarbonyl (C=S) groups is 1. The van der Waals surface area contributed by atoms with Crippen LogP contribution in [0.25, 0.3) is 10.9 Å². The topological polar surface area (TPSA) is 59.0 Å². The Morgan fingerprint density at radius 3 is 2.79 bits per heavy atom. The average Bonchev–Trinajstić information content (AvgIpc) is 2.96. The van der Waals surface area contributed by atoms with E-state index < -0.39 is 0 Å². The quantitative estimate of drug-likeness (QED) is 0.609. The molecule has 0 aliphatic carbocycles. The lowest BCUT2D eigenvalue weighted by atomic mass is 10.1. The molecule has 3 aromatic rings. The minimum absolute atomic E-state index is 0.0390. The first-order chi connectivity index (χ1) is 14.1. The third-order valence-electron chi connectivity index (χ3n) is 5.19. The second-order valence-corrected chi connectivity index (χ2v) is 8.13. The third-order valence-corrected chi connectivity index (χ3v) is 5.68. The SMILES string of the molecule is O=c1c2cc(NC(=S)NCCc3ccc(Cl)cc3)ccc2nc2n1CCCCC2. The van der Waals surface area contributed by atoms with Crippen LogP contribution in [0, 0.1) is 0 Å². The molecule has 2 aromatic carbocycles. The Hall–Kier alpha value is -2.44. The molecule has 1 aromatic heterocycles. The highest BCUT2D eigenvalue weighted by Gasteiger charge is 2.14. The maximum Gasteiger partial charge on any atom is 0.261 e. The van der Waals surface area contributed by atoms with Crippen LogP contribution in [0.2, 0.25) is 5.02 Å². The van der Waals surface area contributed by atoms with Crippen LogP contribution in [-0.4, -0.2) is 21.2 Å². The van der Waals surface area contributed by atoms with Crippen LogP contribution in [0.1, 0.15) is 30.7 Å². The molecule has 0 radical (unpaired) electrons. The molecule has 1 aliphatic rings. The number of halogens is 1. The molecule has 2 N–H and O–H groups in total. The van der Waals surface area contributed by atoms with E-state index in [0.29, 0.717) is 17.0 Å². The number of fused-ring (bicyclic) bond motifs is 2. The van der Waals surface area contributed by atoms with Crippen molar-refractivity contribution in [3.63, 3.8) is 0 Å². The molecule has 0 saturated heterocycles. The summed E-state index contributed by atoms with van der Waals surface area (Å²) in [5.41, 5.74) is 2.76. The molecule has 0 saturated carbocycles. The molecule has 0 bridgehead atoms. The molecule has 7 heteroatoms. The van der Waals surface area contributed by atoms with Crippen LogP contribution < -0.4 is 16.2 Å². The summed E-state index contributed by atoms with van der Waals surface area (Å²) in [7, 11) is 0. The highest BCUT2D eigenvalue weighted by Crippen LogP contribution is 2.18. The molecule has 0 spiro atoms. The van der Waals surface area contributed by atoms with Gasteiger partial charge < -0.3 is 10.6 Å². The smallest absolute Gasteiger partial charge is 0.261 e. The van der Waals surface area contributed by atoms with Gasteiger partial charge in [0.2, 0.25) is 0 Å². The van der Waals surface area contributed by atoms with Crippen LogP contribution in [0.3, 0.4) is 0 Å². The van der Waals surface area contributed by atoms with Crippen molar-refractivity contribution in [1.29, 1.82) is 0 Å². The first kappa shape index (κ1) is 19.9. The number of benzene rings is 2. The average molecular weight is 427 g/mol. The highest BCUT2D eigenvalue weighted by atomic mass is 35.5. The fourth-order valence-electron chi connectivity index (χ4n) is 3.64. The Morgan fingerprint density at radius 2 is 1.97 bits per heavy atom. The summed E-state index contributed by atoms with van der Waals surface area (Å²) in [5.74, 6) is 0.903. The lowest BCUT2D eigenvalue weighted by molar-refractivity contribution is 0.614. The van der Waals surface area contributed by atoms with Crippen molar-refractivity contribution in [2.24, 2.45) is 0 Å². The van der Waals surface area contributed by atoms with E-state index in [2.05, 4.69) is 10.6 Å². The molecule has 2 heterocycles. The Labute approximate surface area is 180 Å². The van der Waals surface area contributed by atoms with Crippen LogP contribution >= 0.6 is 23.8 Å². The summed E-state index contributed by atoms with van der Waals surface area (Å²) in [6.45, 7) is 1.46. The number of anilines is 1. The zero-order valence-corrected chi connectivity index (χ0v) is 17.7. The Bertz CT molecular complexity index is 1090. The predicted molar refractivity (Wildman–Crippen MR) is 123 cm³/mol. The number of rotatable bonds is 4. The van der Waals surface area contributed by atoms with Crippen LogP contribution in [0.15, 0.2) is 47.3 Å². The zero-order chi connectivity index (χ0) is 20.2. The van der Waals surface area contributed by atoms with Gasteiger partial charge in [-0.15, -0.1) is 0 Å². The van der Waals surface area contributed by atoms with E-state index in [1.54, 1.807) is 0 Å². The summed E-state index contributed by atoms with van der Waals surface area (Å²) in [6.07, 6.45) is 4.97. The molecule has 0 fully saturated rings. The van der Waals surface area contributed by atoms with Crippen molar-refractivity contribution in [3.8, 4) is 0 Å². The fourth-order valence-corrected chi connectivity index (χ4v) is 3.99. The lowest BCUT2D eigenvalue weighted by Crippen LogP contribution is -2.30. The monoisotopic (exact) mass is 426 g/mol. The second kappa shape index (κ2) is 8.93. The van der Waals surface area contributed by atoms with Crippen molar-refractivity contribution in [2.75, 3.05) is 11.9 Å². The van der Waals surface area contributed by atoms with Gasteiger partial charge >= 0.3 is 0 Å². The minimum atomic E-state index is 0.0390. The molecule has 0 unspecified atom stereocenters. The second-order valence-electron chi connectivity index (χ2n) is 7.28. The highest BCUT2D eigenvalue weighted by molar-refractivity contribution is 7.80. The van der Waals surface area contributed by atoms with Gasteiger partial charge in [0.05, 0.1) is 10.9 Å². The number of aryl methyl sites for hydroxylation is 1. The molecule has 150 valence electrons. The van der Waals surface area contributed by atoms with Gasteiger partial charge in [-0.05, 0) is 67.4 Å². The zero-order valence-electron chi connectivity index (χ0n) is 16.1. The van der Waals surface area contributed by atoms with Gasteiger partial charge in [-0.2, -0.15) is 0 Å². The van der Waals surface area contributed by atoms with Crippen LogP contribution in [0.4, 0.5) is 5.69 Å². The van der Waals surface area contributed by atoms with E-state index in [1.165, 1.54) is 5.56 Å². The van der Waals surface area contributed by atoms with Crippen molar-refractivity contribution in [3.05, 3.63) is 69.2 Å². The molecular weight excluding hydrogens is 404 g/mol. The Kier molecular flexibility index (Phi) is 6.11. The molecule has 1 aliphatic heterocycles. The van der Waals surface area contributed by atoms with E-state index in [1.807, 2.05) is 47.0 Å². The van der Waals surface area contributed by atoms with Gasteiger partial charge in [0, 0.05) is 30.2 Å². The van der Waals surface area contributed by atoms with E-state index >= 15 is 0 Å². The van der Waals surface area contributed by atoms with Gasteiger partial charge in [-0.1, -0.05) is 30.2 Å². The fraction of sp³-hybridized carbons (Fsp3) is 0.318. The molecule has 29 heavy (non-hydrogen) atoms. The molecule has 5 nitrogen and oxygen atoms in total. The Balaban J connectivity index is 1.43. The maximum atomic E-state index is 13.0. The lowest BCUT2D eigenvalue weighted by Gasteiger charge is -2.13. The maximum absolute atomic E-state index is 13.0. The molecule has 0 amide bonds. The molecular formula is C22H23ClN4OS. The number of nitrogens with one attached hydrogen (secondary N) is 2. The molecule has 4 rings (SSSR count). The first-order valence-corrected chi connectivity index (χ1v) is 10.7. The van der Waals surface area contributed by atoms with Gasteiger partial charge in [0.15, 0.2) is 5.11 Å². The molecule has 0 atom stereocenters. The first-order valence-electron chi connectivity index (χ1n) is 9.93. The summed E-state index contributed by atoms with van der Waals surface area (Å²) >= 11 is 11.3. The number of nitrogens with zero attached hydrogens (tertiary/aromatic N) is 2. The Morgan fingerprint density at radius 1 is 1.14 bits per heavy atom. The summed E-state index contributed by atoms with van der Waals surface area (Å²) in [4.78, 5) is 17.7. The predicted octanol–water partition coefficient (Wildman–Crippen LogP) is 4.31. The van der Waals surface area contributed by atoms with Gasteiger partial charge in [-0.3, -0.25) is 9.36 Å². The van der Waals surface area contributed by atoms with Crippen molar-refractivity contribution in [2.45, 2.75) is 38.6 Å². The standard InChI is InChI=1S/C22H23ClN4OS/c23-16-7-5-15(6-8-16)11-12-24-22(29)25-17-9-10-19-18(14-17)21(28)27-13-3-1-2-4-20(27)26-19/h5-10,14H,1-4,11-13H2,(H2,24,25,29). The normalized spacial score (nSPS) is 13.6. The van der Waals surface area contributed by atoms with Gasteiger partial charge in [0.25, 0.3) is 5.56 Å². The van der Waals surface area contributed by atoms with Gasteiger partial charge in [0.1, 0.15) is 5.82 Å². The number of hydrogen-bond acceptors (Lipinski definition) is 3. The third kappa shape index (κ3) is 4.77. The minimum Gasteiger partial charge on any atom is -0.362 e.